The van der Waals surface area contributed by atoms with Gasteiger partial charge in [0.05, 0.1) is 0 Å². The lowest BCUT2D eigenvalue weighted by molar-refractivity contribution is 0.0458. The Hall–Kier alpha value is -0.970. The van der Waals surface area contributed by atoms with E-state index in [4.69, 9.17) is 5.73 Å². The lowest BCUT2D eigenvalue weighted by Gasteiger charge is -2.47. The molecular weight excluding hydrogens is 236 g/mol. The van der Waals surface area contributed by atoms with E-state index in [0.717, 1.165) is 26.1 Å². The Morgan fingerprint density at radius 2 is 2.16 bits per heavy atom. The van der Waals surface area contributed by atoms with E-state index in [1.807, 2.05) is 12.4 Å². The van der Waals surface area contributed by atoms with Crippen LogP contribution in [0, 0.1) is 0 Å². The highest BCUT2D eigenvalue weighted by Gasteiger charge is 2.36. The molecule has 4 nitrogen and oxygen atoms in total. The summed E-state index contributed by atoms with van der Waals surface area (Å²) in [6.07, 6.45) is 7.24. The molecular formula is C15H26N4. The zero-order chi connectivity index (χ0) is 13.7. The molecule has 0 bridgehead atoms. The molecule has 1 saturated heterocycles. The molecule has 2 rings (SSSR count). The molecule has 1 unspecified atom stereocenters. The fraction of sp³-hybridized carbons (Fsp3) is 0.667. The molecule has 0 spiro atoms. The number of likely N-dealkylation sites (tertiary alicyclic amines) is 1. The third-order valence-corrected chi connectivity index (χ3v) is 4.42. The highest BCUT2D eigenvalue weighted by Crippen LogP contribution is 2.25. The second-order valence-corrected chi connectivity index (χ2v) is 5.80. The summed E-state index contributed by atoms with van der Waals surface area (Å²) >= 11 is 0. The zero-order valence-electron chi connectivity index (χ0n) is 12.2. The van der Waals surface area contributed by atoms with Crippen LogP contribution < -0.4 is 5.73 Å². The Bertz CT molecular complexity index is 381. The summed E-state index contributed by atoms with van der Waals surface area (Å²) in [5, 5.41) is 0. The van der Waals surface area contributed by atoms with Crippen molar-refractivity contribution in [3.05, 3.63) is 30.1 Å². The Kier molecular flexibility index (Phi) is 4.91. The van der Waals surface area contributed by atoms with E-state index in [1.165, 1.54) is 24.9 Å². The molecule has 1 atom stereocenters. The van der Waals surface area contributed by atoms with Crippen LogP contribution in [0.5, 0.6) is 0 Å². The van der Waals surface area contributed by atoms with Crippen LogP contribution in [0.15, 0.2) is 24.5 Å². The molecule has 2 N–H and O–H groups in total. The summed E-state index contributed by atoms with van der Waals surface area (Å²) in [6.45, 7) is 4.07. The van der Waals surface area contributed by atoms with E-state index in [0.29, 0.717) is 0 Å². The molecule has 0 saturated carbocycles. The van der Waals surface area contributed by atoms with Gasteiger partial charge in [0.2, 0.25) is 0 Å². The molecule has 19 heavy (non-hydrogen) atoms. The number of aromatic nitrogens is 1. The van der Waals surface area contributed by atoms with Gasteiger partial charge in [0, 0.05) is 37.6 Å². The van der Waals surface area contributed by atoms with Crippen molar-refractivity contribution in [2.24, 2.45) is 5.73 Å². The molecule has 1 aromatic rings. The minimum atomic E-state index is 0.153. The third-order valence-electron chi connectivity index (χ3n) is 4.42. The Balaban J connectivity index is 1.95. The molecule has 1 aliphatic heterocycles. The monoisotopic (exact) mass is 262 g/mol. The van der Waals surface area contributed by atoms with Crippen molar-refractivity contribution in [3.63, 3.8) is 0 Å². The number of likely N-dealkylation sites (N-methyl/N-ethyl adjacent to an activating group) is 2. The molecule has 4 heteroatoms. The highest BCUT2D eigenvalue weighted by atomic mass is 15.2. The maximum Gasteiger partial charge on any atom is 0.0455 e. The normalized spacial score (nSPS) is 24.8. The first-order valence-electron chi connectivity index (χ1n) is 7.15. The van der Waals surface area contributed by atoms with Crippen LogP contribution in [-0.4, -0.2) is 60.6 Å². The first-order valence-corrected chi connectivity index (χ1v) is 7.15. The average molecular weight is 262 g/mol. The van der Waals surface area contributed by atoms with Crippen molar-refractivity contribution in [2.75, 3.05) is 40.3 Å². The number of nitrogens with two attached hydrogens (primary N) is 1. The smallest absolute Gasteiger partial charge is 0.0455 e. The van der Waals surface area contributed by atoms with E-state index in [2.05, 4.69) is 41.0 Å². The number of hydrogen-bond donors (Lipinski definition) is 1. The van der Waals surface area contributed by atoms with Crippen LogP contribution >= 0.6 is 0 Å². The van der Waals surface area contributed by atoms with Crippen LogP contribution in [0.4, 0.5) is 0 Å². The summed E-state index contributed by atoms with van der Waals surface area (Å²) in [5.41, 5.74) is 7.59. The number of rotatable bonds is 5. The molecule has 0 aliphatic carbocycles. The lowest BCUT2D eigenvalue weighted by atomic mass is 9.87. The van der Waals surface area contributed by atoms with Crippen LogP contribution in [0.3, 0.4) is 0 Å². The number of piperidine rings is 1. The number of nitrogens with zero attached hydrogens (tertiary/aromatic N) is 3. The van der Waals surface area contributed by atoms with E-state index >= 15 is 0 Å². The van der Waals surface area contributed by atoms with E-state index in [9.17, 15) is 0 Å². The van der Waals surface area contributed by atoms with Crippen molar-refractivity contribution in [3.8, 4) is 0 Å². The Morgan fingerprint density at radius 1 is 1.42 bits per heavy atom. The summed E-state index contributed by atoms with van der Waals surface area (Å²) in [6, 6.07) is 4.19. The molecule has 1 aliphatic rings. The van der Waals surface area contributed by atoms with Crippen LogP contribution in [0.1, 0.15) is 18.4 Å². The van der Waals surface area contributed by atoms with Gasteiger partial charge in [0.25, 0.3) is 0 Å². The first-order chi connectivity index (χ1) is 9.16. The zero-order valence-corrected chi connectivity index (χ0v) is 12.2. The van der Waals surface area contributed by atoms with Gasteiger partial charge >= 0.3 is 0 Å². The predicted octanol–water partition coefficient (Wildman–Crippen LogP) is 0.979. The molecule has 0 amide bonds. The first kappa shape index (κ1) is 14.4. The minimum Gasteiger partial charge on any atom is -0.329 e. The average Bonchev–Trinajstić information content (AvgIpc) is 2.45. The number of hydrogen-bond acceptors (Lipinski definition) is 4. The second-order valence-electron chi connectivity index (χ2n) is 5.80. The van der Waals surface area contributed by atoms with E-state index < -0.39 is 0 Å². The van der Waals surface area contributed by atoms with E-state index in [1.54, 1.807) is 0 Å². The lowest BCUT2D eigenvalue weighted by Crippen LogP contribution is -2.61. The Labute approximate surface area is 116 Å². The summed E-state index contributed by atoms with van der Waals surface area (Å²) < 4.78 is 0. The van der Waals surface area contributed by atoms with Gasteiger partial charge in [-0.3, -0.25) is 9.88 Å². The van der Waals surface area contributed by atoms with Crippen molar-refractivity contribution in [1.29, 1.82) is 0 Å². The van der Waals surface area contributed by atoms with Gasteiger partial charge in [-0.1, -0.05) is 0 Å². The van der Waals surface area contributed by atoms with Gasteiger partial charge in [-0.2, -0.15) is 0 Å². The van der Waals surface area contributed by atoms with Gasteiger partial charge in [0.1, 0.15) is 0 Å². The SMILES string of the molecule is CN1CCCC(CN)(N(C)CCc2ccncc2)C1. The van der Waals surface area contributed by atoms with Gasteiger partial charge < -0.3 is 10.6 Å². The fourth-order valence-electron chi connectivity index (χ4n) is 3.06. The molecule has 0 radical (unpaired) electrons. The maximum absolute atomic E-state index is 6.09. The third kappa shape index (κ3) is 3.53. The van der Waals surface area contributed by atoms with Gasteiger partial charge in [-0.25, -0.2) is 0 Å². The molecule has 106 valence electrons. The minimum absolute atomic E-state index is 0.153. The van der Waals surface area contributed by atoms with Crippen molar-refractivity contribution in [1.82, 2.24) is 14.8 Å². The highest BCUT2D eigenvalue weighted by molar-refractivity contribution is 5.10. The molecule has 2 heterocycles. The summed E-state index contributed by atoms with van der Waals surface area (Å²) in [7, 11) is 4.41. The van der Waals surface area contributed by atoms with Crippen molar-refractivity contribution >= 4 is 0 Å². The Morgan fingerprint density at radius 3 is 2.79 bits per heavy atom. The molecule has 0 aromatic carbocycles. The second kappa shape index (κ2) is 6.46. The van der Waals surface area contributed by atoms with Gasteiger partial charge in [-0.15, -0.1) is 0 Å². The van der Waals surface area contributed by atoms with Crippen LogP contribution in [-0.2, 0) is 6.42 Å². The topological polar surface area (TPSA) is 45.4 Å². The van der Waals surface area contributed by atoms with E-state index in [-0.39, 0.29) is 5.54 Å². The molecule has 1 aromatic heterocycles. The maximum atomic E-state index is 6.09. The summed E-state index contributed by atoms with van der Waals surface area (Å²) in [4.78, 5) is 8.93. The summed E-state index contributed by atoms with van der Waals surface area (Å²) in [5.74, 6) is 0. The quantitative estimate of drug-likeness (QED) is 0.859. The van der Waals surface area contributed by atoms with Crippen molar-refractivity contribution in [2.45, 2.75) is 24.8 Å². The van der Waals surface area contributed by atoms with Crippen molar-refractivity contribution < 1.29 is 0 Å². The molecule has 1 fully saturated rings. The standard InChI is InChI=1S/C15H26N4/c1-18-10-3-7-15(12-16,13-18)19(2)11-6-14-4-8-17-9-5-14/h4-5,8-9H,3,6-7,10-13,16H2,1-2H3. The van der Waals surface area contributed by atoms with Gasteiger partial charge in [0.15, 0.2) is 0 Å². The number of pyridine rings is 1. The van der Waals surface area contributed by atoms with Crippen LogP contribution in [0.2, 0.25) is 0 Å². The largest absolute Gasteiger partial charge is 0.329 e. The predicted molar refractivity (Wildman–Crippen MR) is 79.1 cm³/mol. The van der Waals surface area contributed by atoms with Gasteiger partial charge in [-0.05, 0) is 57.6 Å². The van der Waals surface area contributed by atoms with Crippen LogP contribution in [0.25, 0.3) is 0 Å². The fourth-order valence-corrected chi connectivity index (χ4v) is 3.06.